The third-order valence-electron chi connectivity index (χ3n) is 0.0278. The number of rotatable bonds is 1. The first-order chi connectivity index (χ1) is 1.91. The molecule has 0 fully saturated rings. The maximum absolute atomic E-state index is 8.26. The zero-order valence-electron chi connectivity index (χ0n) is 2.34. The molecular formula is O4Zn. The minimum atomic E-state index is 0. The molecule has 0 amide bonds. The summed E-state index contributed by atoms with van der Waals surface area (Å²) in [5, 5.41) is 21.0. The SMILES string of the molecule is [O-]OO[O-].[Zn+2]. The van der Waals surface area contributed by atoms with Crippen molar-refractivity contribution in [3.05, 3.63) is 0 Å². The Morgan fingerprint density at radius 2 is 1.20 bits per heavy atom. The minimum absolute atomic E-state index is 0. The zero-order chi connectivity index (χ0) is 3.41. The fourth-order valence-electron chi connectivity index (χ4n) is 0. The molecule has 0 saturated heterocycles. The maximum atomic E-state index is 8.26. The molecule has 0 spiro atoms. The van der Waals surface area contributed by atoms with E-state index in [1.54, 1.807) is 0 Å². The van der Waals surface area contributed by atoms with E-state index in [1.165, 1.54) is 0 Å². The molecule has 0 aliphatic carbocycles. The molecule has 0 aromatic carbocycles. The van der Waals surface area contributed by atoms with Gasteiger partial charge in [0.2, 0.25) is 0 Å². The van der Waals surface area contributed by atoms with Crippen LogP contribution in [0.15, 0.2) is 0 Å². The smallest absolute Gasteiger partial charge is 0.693 e. The largest absolute Gasteiger partial charge is 2.00 e. The van der Waals surface area contributed by atoms with E-state index in [9.17, 15) is 0 Å². The van der Waals surface area contributed by atoms with Crippen LogP contribution in [0, 0.1) is 0 Å². The van der Waals surface area contributed by atoms with Crippen LogP contribution in [0.5, 0.6) is 0 Å². The van der Waals surface area contributed by atoms with Crippen molar-refractivity contribution < 1.29 is 40.1 Å². The molecule has 0 aromatic rings. The van der Waals surface area contributed by atoms with Gasteiger partial charge in [0, 0.05) is 0 Å². The first kappa shape index (κ1) is 9.07. The Kier molecular flexibility index (Phi) is 16.0. The van der Waals surface area contributed by atoms with Gasteiger partial charge >= 0.3 is 19.5 Å². The van der Waals surface area contributed by atoms with Gasteiger partial charge in [0.1, 0.15) is 0 Å². The summed E-state index contributed by atoms with van der Waals surface area (Å²) in [6.07, 6.45) is 0. The van der Waals surface area contributed by atoms with Gasteiger partial charge in [-0.2, -0.15) is 0 Å². The Bertz CT molecular complexity index is 5.61. The van der Waals surface area contributed by atoms with Crippen LogP contribution >= 0.6 is 0 Å². The van der Waals surface area contributed by atoms with Crippen molar-refractivity contribution in [2.75, 3.05) is 0 Å². The van der Waals surface area contributed by atoms with Crippen molar-refractivity contribution in [1.29, 1.82) is 0 Å². The van der Waals surface area contributed by atoms with E-state index >= 15 is 0 Å². The van der Waals surface area contributed by atoms with E-state index in [0.717, 1.165) is 0 Å². The Labute approximate surface area is 40.9 Å². The monoisotopic (exact) mass is 128 g/mol. The third kappa shape index (κ3) is 12.6. The van der Waals surface area contributed by atoms with Crippen molar-refractivity contribution in [2.45, 2.75) is 0 Å². The van der Waals surface area contributed by atoms with E-state index in [-0.39, 0.29) is 19.5 Å². The molecule has 0 aliphatic rings. The molecule has 0 heterocycles. The fourth-order valence-corrected chi connectivity index (χ4v) is 0. The van der Waals surface area contributed by atoms with Crippen LogP contribution in [-0.2, 0) is 29.6 Å². The van der Waals surface area contributed by atoms with Crippen molar-refractivity contribution in [2.24, 2.45) is 0 Å². The summed E-state index contributed by atoms with van der Waals surface area (Å²) >= 11 is 0. The molecular weight excluding hydrogens is 129 g/mol. The molecule has 0 aromatic heterocycles. The van der Waals surface area contributed by atoms with E-state index in [1.807, 2.05) is 0 Å². The first-order valence-corrected chi connectivity index (χ1v) is 0.500. The van der Waals surface area contributed by atoms with Crippen LogP contribution < -0.4 is 10.5 Å². The van der Waals surface area contributed by atoms with Crippen LogP contribution in [0.3, 0.4) is 0 Å². The topological polar surface area (TPSA) is 64.6 Å². The standard InChI is InChI=1S/H2O4.Zn/c1-3-4-2;/h1-2H;/q;+2/p-2. The van der Waals surface area contributed by atoms with Gasteiger partial charge in [-0.3, -0.25) is 0 Å². The quantitative estimate of drug-likeness (QED) is 0.223. The van der Waals surface area contributed by atoms with Gasteiger partial charge in [0.15, 0.2) is 0 Å². The van der Waals surface area contributed by atoms with E-state index in [2.05, 4.69) is 10.1 Å². The molecule has 0 rings (SSSR count). The van der Waals surface area contributed by atoms with Gasteiger partial charge < -0.3 is 20.6 Å². The summed E-state index contributed by atoms with van der Waals surface area (Å²) < 4.78 is 0. The van der Waals surface area contributed by atoms with Crippen LogP contribution in [-0.4, -0.2) is 0 Å². The predicted octanol–water partition coefficient (Wildman–Crippen LogP) is -2.52. The van der Waals surface area contributed by atoms with E-state index < -0.39 is 0 Å². The van der Waals surface area contributed by atoms with Crippen LogP contribution in [0.4, 0.5) is 0 Å². The molecule has 0 saturated carbocycles. The molecule has 0 radical (unpaired) electrons. The van der Waals surface area contributed by atoms with Crippen LogP contribution in [0.1, 0.15) is 0 Å². The Hall–Kier alpha value is 0.463. The van der Waals surface area contributed by atoms with Gasteiger partial charge in [-0.1, -0.05) is 0 Å². The average molecular weight is 129 g/mol. The molecule has 5 heteroatoms. The molecule has 0 bridgehead atoms. The van der Waals surface area contributed by atoms with Crippen LogP contribution in [0.25, 0.3) is 0 Å². The van der Waals surface area contributed by atoms with Crippen molar-refractivity contribution >= 4 is 0 Å². The molecule has 0 unspecified atom stereocenters. The minimum Gasteiger partial charge on any atom is -0.693 e. The van der Waals surface area contributed by atoms with Crippen LogP contribution in [0.2, 0.25) is 0 Å². The second-order valence-corrected chi connectivity index (χ2v) is 0.136. The summed E-state index contributed by atoms with van der Waals surface area (Å²) in [5.41, 5.74) is 0. The van der Waals surface area contributed by atoms with Gasteiger partial charge in [-0.05, 0) is 0 Å². The predicted molar refractivity (Wildman–Crippen MR) is 2.17 cm³/mol. The Morgan fingerprint density at radius 3 is 1.20 bits per heavy atom. The summed E-state index contributed by atoms with van der Waals surface area (Å²) in [7, 11) is 0. The zero-order valence-corrected chi connectivity index (χ0v) is 5.31. The molecule has 0 N–H and O–H groups in total. The number of hydrogen-bond acceptors (Lipinski definition) is 4. The van der Waals surface area contributed by atoms with Gasteiger partial charge in [0.25, 0.3) is 0 Å². The normalized spacial score (nSPS) is 6.00. The maximum Gasteiger partial charge on any atom is 2.00 e. The summed E-state index contributed by atoms with van der Waals surface area (Å²) in [6.45, 7) is 0. The van der Waals surface area contributed by atoms with Crippen molar-refractivity contribution in [3.8, 4) is 0 Å². The van der Waals surface area contributed by atoms with Crippen molar-refractivity contribution in [1.82, 2.24) is 0 Å². The van der Waals surface area contributed by atoms with Crippen molar-refractivity contribution in [3.63, 3.8) is 0 Å². The molecule has 26 valence electrons. The molecule has 0 aliphatic heterocycles. The average Bonchev–Trinajstić information content (AvgIpc) is 1.37. The molecule has 0 atom stereocenters. The van der Waals surface area contributed by atoms with E-state index in [0.29, 0.717) is 0 Å². The van der Waals surface area contributed by atoms with E-state index in [4.69, 9.17) is 10.5 Å². The van der Waals surface area contributed by atoms with Gasteiger partial charge in [-0.15, -0.1) is 0 Å². The second kappa shape index (κ2) is 8.82. The van der Waals surface area contributed by atoms with Gasteiger partial charge in [0.05, 0.1) is 0 Å². The second-order valence-electron chi connectivity index (χ2n) is 0.136. The summed E-state index contributed by atoms with van der Waals surface area (Å²) in [4.78, 5) is 0. The summed E-state index contributed by atoms with van der Waals surface area (Å²) in [5.74, 6) is 0. The Balaban J connectivity index is 0. The fraction of sp³-hybridized carbons (Fsp3) is 0. The molecule has 5 heavy (non-hydrogen) atoms. The Morgan fingerprint density at radius 1 is 1.00 bits per heavy atom. The van der Waals surface area contributed by atoms with Gasteiger partial charge in [-0.25, -0.2) is 0 Å². The first-order valence-electron chi connectivity index (χ1n) is 0.500. The third-order valence-corrected chi connectivity index (χ3v) is 0.0278. The summed E-state index contributed by atoms with van der Waals surface area (Å²) in [6, 6.07) is 0. The number of hydrogen-bond donors (Lipinski definition) is 0. The molecule has 4 nitrogen and oxygen atoms in total.